The van der Waals surface area contributed by atoms with E-state index in [1.54, 1.807) is 29.9 Å². The van der Waals surface area contributed by atoms with Crippen LogP contribution >= 0.6 is 24.8 Å². The van der Waals surface area contributed by atoms with E-state index in [4.69, 9.17) is 10.5 Å². The van der Waals surface area contributed by atoms with Crippen molar-refractivity contribution in [2.75, 3.05) is 18.2 Å². The molecule has 1 amide bonds. The Morgan fingerprint density at radius 3 is 2.62 bits per heavy atom. The quantitative estimate of drug-likeness (QED) is 0.526. The van der Waals surface area contributed by atoms with Crippen LogP contribution in [0.15, 0.2) is 23.0 Å². The molecule has 0 aliphatic carbocycles. The normalized spacial score (nSPS) is 10.2. The van der Waals surface area contributed by atoms with E-state index < -0.39 is 0 Å². The van der Waals surface area contributed by atoms with Crippen LogP contribution in [0.2, 0.25) is 0 Å². The van der Waals surface area contributed by atoms with E-state index >= 15 is 0 Å². The monoisotopic (exact) mass is 441 g/mol. The summed E-state index contributed by atoms with van der Waals surface area (Å²) in [5, 5.41) is 6.12. The lowest BCUT2D eigenvalue weighted by Gasteiger charge is -2.11. The van der Waals surface area contributed by atoms with Gasteiger partial charge in [-0.3, -0.25) is 19.4 Å². The molecule has 0 spiro atoms. The van der Waals surface area contributed by atoms with Crippen molar-refractivity contribution in [1.82, 2.24) is 14.8 Å². The Morgan fingerprint density at radius 2 is 2.00 bits per heavy atom. The molecule has 3 rings (SSSR count). The SMILES string of the molecule is COc1ccc(NC(=O)CCc2c(C)nc3c(c2C)c(=O)[nH]n3C)cc1N.Cl.Cl. The first-order valence-corrected chi connectivity index (χ1v) is 8.60. The summed E-state index contributed by atoms with van der Waals surface area (Å²) in [7, 11) is 3.29. The van der Waals surface area contributed by atoms with E-state index in [1.165, 1.54) is 7.11 Å². The lowest BCUT2D eigenvalue weighted by atomic mass is 10.00. The maximum atomic E-state index is 12.3. The predicted octanol–water partition coefficient (Wildman–Crippen LogP) is 2.88. The van der Waals surface area contributed by atoms with Gasteiger partial charge in [-0.2, -0.15) is 0 Å². The lowest BCUT2D eigenvalue weighted by Crippen LogP contribution is -2.14. The molecule has 8 nitrogen and oxygen atoms in total. The molecule has 0 aliphatic rings. The summed E-state index contributed by atoms with van der Waals surface area (Å²) in [4.78, 5) is 29.0. The summed E-state index contributed by atoms with van der Waals surface area (Å²) in [5.74, 6) is 0.423. The summed E-state index contributed by atoms with van der Waals surface area (Å²) >= 11 is 0. The molecular weight excluding hydrogens is 417 g/mol. The van der Waals surface area contributed by atoms with Gasteiger partial charge in [0.1, 0.15) is 5.75 Å². The van der Waals surface area contributed by atoms with Crippen LogP contribution in [0.1, 0.15) is 23.2 Å². The first kappa shape index (κ1) is 24.3. The Labute approximate surface area is 180 Å². The number of hydrogen-bond donors (Lipinski definition) is 3. The molecule has 0 atom stereocenters. The number of rotatable bonds is 5. The Kier molecular flexibility index (Phi) is 8.11. The Hall–Kier alpha value is -2.71. The van der Waals surface area contributed by atoms with Gasteiger partial charge in [0.25, 0.3) is 5.56 Å². The fourth-order valence-electron chi connectivity index (χ4n) is 3.29. The van der Waals surface area contributed by atoms with Gasteiger partial charge in [0.15, 0.2) is 5.65 Å². The van der Waals surface area contributed by atoms with Crippen LogP contribution in [0.4, 0.5) is 11.4 Å². The smallest absolute Gasteiger partial charge is 0.273 e. The number of pyridine rings is 1. The number of aromatic amines is 1. The number of anilines is 2. The highest BCUT2D eigenvalue weighted by molar-refractivity contribution is 5.91. The molecule has 0 unspecified atom stereocenters. The molecular formula is C19H25Cl2N5O3. The van der Waals surface area contributed by atoms with Crippen LogP contribution in [0.25, 0.3) is 11.0 Å². The molecule has 158 valence electrons. The number of nitrogens with two attached hydrogens (primary N) is 1. The molecule has 0 fully saturated rings. The number of aryl methyl sites for hydroxylation is 3. The molecule has 10 heteroatoms. The van der Waals surface area contributed by atoms with Crippen molar-refractivity contribution in [1.29, 1.82) is 0 Å². The van der Waals surface area contributed by atoms with Gasteiger partial charge in [-0.25, -0.2) is 4.98 Å². The molecule has 0 saturated carbocycles. The minimum Gasteiger partial charge on any atom is -0.495 e. The number of nitrogens with one attached hydrogen (secondary N) is 2. The first-order chi connectivity index (χ1) is 12.8. The molecule has 3 aromatic rings. The van der Waals surface area contributed by atoms with Gasteiger partial charge in [-0.05, 0) is 49.6 Å². The van der Waals surface area contributed by atoms with E-state index in [2.05, 4.69) is 15.4 Å². The van der Waals surface area contributed by atoms with E-state index in [9.17, 15) is 9.59 Å². The molecule has 0 bridgehead atoms. The Morgan fingerprint density at radius 1 is 1.31 bits per heavy atom. The number of amides is 1. The minimum atomic E-state index is -0.170. The maximum absolute atomic E-state index is 12.3. The fraction of sp³-hybridized carbons (Fsp3) is 0.316. The van der Waals surface area contributed by atoms with Crippen LogP contribution in [0.5, 0.6) is 5.75 Å². The Balaban J connectivity index is 0.00000210. The number of fused-ring (bicyclic) bond motifs is 1. The molecule has 0 aliphatic heterocycles. The number of halogens is 2. The van der Waals surface area contributed by atoms with Gasteiger partial charge < -0.3 is 15.8 Å². The summed E-state index contributed by atoms with van der Waals surface area (Å²) in [6.45, 7) is 3.78. The number of nitrogen functional groups attached to an aromatic ring is 1. The highest BCUT2D eigenvalue weighted by atomic mass is 35.5. The molecule has 0 saturated heterocycles. The molecule has 4 N–H and O–H groups in total. The largest absolute Gasteiger partial charge is 0.495 e. The van der Waals surface area contributed by atoms with Crippen molar-refractivity contribution in [2.24, 2.45) is 7.05 Å². The number of ether oxygens (including phenoxy) is 1. The van der Waals surface area contributed by atoms with Gasteiger partial charge in [0.2, 0.25) is 5.91 Å². The topological polar surface area (TPSA) is 115 Å². The number of methoxy groups -OCH3 is 1. The van der Waals surface area contributed by atoms with Gasteiger partial charge in [-0.1, -0.05) is 0 Å². The molecule has 2 aromatic heterocycles. The number of aromatic nitrogens is 3. The summed E-state index contributed by atoms with van der Waals surface area (Å²) in [6.07, 6.45) is 0.762. The zero-order valence-corrected chi connectivity index (χ0v) is 18.3. The van der Waals surface area contributed by atoms with E-state index in [0.29, 0.717) is 34.6 Å². The summed E-state index contributed by atoms with van der Waals surface area (Å²) in [5.41, 5.74) is 9.98. The van der Waals surface area contributed by atoms with Crippen LogP contribution < -0.4 is 21.3 Å². The highest BCUT2D eigenvalue weighted by Crippen LogP contribution is 2.25. The molecule has 2 heterocycles. The number of carbonyl (C=O) groups excluding carboxylic acids is 1. The van der Waals surface area contributed by atoms with E-state index in [-0.39, 0.29) is 42.7 Å². The average molecular weight is 442 g/mol. The minimum absolute atomic E-state index is 0. The van der Waals surface area contributed by atoms with Gasteiger partial charge in [0.05, 0.1) is 18.2 Å². The number of hydrogen-bond acceptors (Lipinski definition) is 5. The molecule has 0 radical (unpaired) electrons. The fourth-order valence-corrected chi connectivity index (χ4v) is 3.29. The number of H-pyrrole nitrogens is 1. The van der Waals surface area contributed by atoms with Crippen LogP contribution in [0, 0.1) is 13.8 Å². The summed E-state index contributed by atoms with van der Waals surface area (Å²) < 4.78 is 6.72. The highest BCUT2D eigenvalue weighted by Gasteiger charge is 2.16. The zero-order chi connectivity index (χ0) is 19.7. The molecule has 1 aromatic carbocycles. The Bertz CT molecular complexity index is 1090. The van der Waals surface area contributed by atoms with Crippen molar-refractivity contribution in [2.45, 2.75) is 26.7 Å². The lowest BCUT2D eigenvalue weighted by molar-refractivity contribution is -0.116. The average Bonchev–Trinajstić information content (AvgIpc) is 2.88. The van der Waals surface area contributed by atoms with E-state index in [0.717, 1.165) is 16.8 Å². The number of nitrogens with zero attached hydrogens (tertiary/aromatic N) is 2. The van der Waals surface area contributed by atoms with Gasteiger partial charge >= 0.3 is 0 Å². The standard InChI is InChI=1S/C19H23N5O3.2ClH/c1-10-13(11(2)21-18-17(10)19(26)23-24(18)3)6-8-16(25)22-12-5-7-15(27-4)14(20)9-12;;/h5,7,9H,6,8,20H2,1-4H3,(H,22,25)(H,23,26);2*1H. The molecule has 29 heavy (non-hydrogen) atoms. The van der Waals surface area contributed by atoms with Crippen LogP contribution in [-0.4, -0.2) is 27.8 Å². The van der Waals surface area contributed by atoms with Crippen molar-refractivity contribution >= 4 is 53.1 Å². The summed E-state index contributed by atoms with van der Waals surface area (Å²) in [6, 6.07) is 5.10. The maximum Gasteiger partial charge on any atom is 0.273 e. The number of carbonyl (C=O) groups is 1. The second-order valence-corrected chi connectivity index (χ2v) is 6.50. The zero-order valence-electron chi connectivity index (χ0n) is 16.7. The second-order valence-electron chi connectivity index (χ2n) is 6.50. The van der Waals surface area contributed by atoms with Gasteiger partial charge in [0, 0.05) is 24.8 Å². The third kappa shape index (κ3) is 4.83. The third-order valence-electron chi connectivity index (χ3n) is 4.69. The van der Waals surface area contributed by atoms with Crippen LogP contribution in [-0.2, 0) is 18.3 Å². The third-order valence-corrected chi connectivity index (χ3v) is 4.69. The predicted molar refractivity (Wildman–Crippen MR) is 120 cm³/mol. The first-order valence-electron chi connectivity index (χ1n) is 8.60. The van der Waals surface area contributed by atoms with Crippen molar-refractivity contribution in [3.8, 4) is 5.75 Å². The number of benzene rings is 1. The van der Waals surface area contributed by atoms with Crippen molar-refractivity contribution in [3.63, 3.8) is 0 Å². The van der Waals surface area contributed by atoms with Crippen molar-refractivity contribution in [3.05, 3.63) is 45.4 Å². The van der Waals surface area contributed by atoms with E-state index in [1.807, 2.05) is 13.8 Å². The van der Waals surface area contributed by atoms with Gasteiger partial charge in [-0.15, -0.1) is 24.8 Å². The van der Waals surface area contributed by atoms with Crippen molar-refractivity contribution < 1.29 is 9.53 Å². The second kappa shape index (κ2) is 9.67. The van der Waals surface area contributed by atoms with Crippen LogP contribution in [0.3, 0.4) is 0 Å².